The number of hydrogen-bond acceptors (Lipinski definition) is 4. The minimum absolute atomic E-state index is 0.0591. The molecule has 2 aromatic rings. The summed E-state index contributed by atoms with van der Waals surface area (Å²) in [6.45, 7) is -0.107. The van der Waals surface area contributed by atoms with E-state index in [0.717, 1.165) is 25.7 Å². The first-order valence-corrected chi connectivity index (χ1v) is 12.1. The molecule has 0 aromatic heterocycles. The van der Waals surface area contributed by atoms with Gasteiger partial charge in [-0.1, -0.05) is 48.9 Å². The van der Waals surface area contributed by atoms with Crippen LogP contribution >= 0.6 is 23.2 Å². The fourth-order valence-electron chi connectivity index (χ4n) is 3.33. The molecule has 1 amide bonds. The predicted octanol–water partition coefficient (Wildman–Crippen LogP) is 5.01. The van der Waals surface area contributed by atoms with E-state index in [0.29, 0.717) is 16.5 Å². The number of carbonyl (C=O) groups is 1. The molecule has 1 fully saturated rings. The number of amides is 1. The molecule has 0 spiro atoms. The third-order valence-corrected chi connectivity index (χ3v) is 7.03. The normalized spacial score (nSPS) is 15.3. The minimum atomic E-state index is -3.80. The van der Waals surface area contributed by atoms with E-state index in [4.69, 9.17) is 27.9 Å². The molecule has 1 saturated carbocycles. The lowest BCUT2D eigenvalue weighted by atomic mass is 10.1. The van der Waals surface area contributed by atoms with Gasteiger partial charge in [0.15, 0.2) is 6.61 Å². The summed E-state index contributed by atoms with van der Waals surface area (Å²) in [7, 11) is -3.80. The number of benzene rings is 2. The van der Waals surface area contributed by atoms with Gasteiger partial charge in [-0.25, -0.2) is 8.42 Å². The topological polar surface area (TPSA) is 84.5 Å². The molecule has 162 valence electrons. The molecule has 2 N–H and O–H groups in total. The average Bonchev–Trinajstić information content (AvgIpc) is 2.98. The lowest BCUT2D eigenvalue weighted by Crippen LogP contribution is -2.37. The lowest BCUT2D eigenvalue weighted by Gasteiger charge is -2.16. The zero-order valence-corrected chi connectivity index (χ0v) is 18.7. The number of anilines is 1. The smallest absolute Gasteiger partial charge is 0.261 e. The van der Waals surface area contributed by atoms with Crippen molar-refractivity contribution < 1.29 is 17.9 Å². The zero-order valence-electron chi connectivity index (χ0n) is 16.4. The van der Waals surface area contributed by atoms with Crippen LogP contribution in [0.2, 0.25) is 10.0 Å². The molecule has 0 atom stereocenters. The first kappa shape index (κ1) is 22.7. The molecule has 9 heteroatoms. The van der Waals surface area contributed by atoms with Crippen molar-refractivity contribution in [2.75, 3.05) is 11.3 Å². The highest BCUT2D eigenvalue weighted by Crippen LogP contribution is 2.27. The second-order valence-electron chi connectivity index (χ2n) is 7.25. The number of carbonyl (C=O) groups excluding carboxylic acids is 1. The second kappa shape index (κ2) is 10.4. The van der Waals surface area contributed by atoms with E-state index in [1.54, 1.807) is 0 Å². The number of hydrogen-bond donors (Lipinski definition) is 2. The Morgan fingerprint density at radius 1 is 0.967 bits per heavy atom. The molecule has 0 bridgehead atoms. The summed E-state index contributed by atoms with van der Waals surface area (Å²) in [5, 5.41) is 3.60. The van der Waals surface area contributed by atoms with Crippen molar-refractivity contribution in [3.05, 3.63) is 52.5 Å². The van der Waals surface area contributed by atoms with Gasteiger partial charge >= 0.3 is 0 Å². The van der Waals surface area contributed by atoms with Crippen molar-refractivity contribution in [1.82, 2.24) is 5.32 Å². The Morgan fingerprint density at radius 2 is 1.63 bits per heavy atom. The van der Waals surface area contributed by atoms with E-state index in [2.05, 4.69) is 10.0 Å². The lowest BCUT2D eigenvalue weighted by molar-refractivity contribution is -0.123. The van der Waals surface area contributed by atoms with Gasteiger partial charge in [0.05, 0.1) is 20.6 Å². The number of sulfonamides is 1. The highest BCUT2D eigenvalue weighted by molar-refractivity contribution is 7.92. The fraction of sp³-hybridized carbons (Fsp3) is 0.381. The van der Waals surface area contributed by atoms with Gasteiger partial charge in [-0.15, -0.1) is 0 Å². The quantitative estimate of drug-likeness (QED) is 0.556. The standard InChI is InChI=1S/C21H24Cl2N2O4S/c22-19-12-7-16(13-20(19)23)25-30(27,28)18-10-8-17(9-11-18)29-14-21(26)24-15-5-3-1-2-4-6-15/h7-13,15,25H,1-6,14H2,(H,24,26). The van der Waals surface area contributed by atoms with E-state index >= 15 is 0 Å². The molecular formula is C21H24Cl2N2O4S. The molecule has 0 unspecified atom stereocenters. The average molecular weight is 471 g/mol. The minimum Gasteiger partial charge on any atom is -0.484 e. The van der Waals surface area contributed by atoms with Crippen LogP contribution in [0.15, 0.2) is 47.4 Å². The van der Waals surface area contributed by atoms with Gasteiger partial charge in [0.2, 0.25) is 0 Å². The first-order valence-electron chi connectivity index (χ1n) is 9.83. The molecule has 6 nitrogen and oxygen atoms in total. The molecule has 0 saturated heterocycles. The Labute approximate surface area is 187 Å². The van der Waals surface area contributed by atoms with E-state index < -0.39 is 10.0 Å². The van der Waals surface area contributed by atoms with E-state index in [-0.39, 0.29) is 28.5 Å². The highest BCUT2D eigenvalue weighted by atomic mass is 35.5. The van der Waals surface area contributed by atoms with Crippen molar-refractivity contribution in [3.8, 4) is 5.75 Å². The summed E-state index contributed by atoms with van der Waals surface area (Å²) in [6.07, 6.45) is 6.72. The number of halogens is 2. The van der Waals surface area contributed by atoms with Gasteiger partial charge in [-0.3, -0.25) is 9.52 Å². The van der Waals surface area contributed by atoms with Gasteiger partial charge in [0.25, 0.3) is 15.9 Å². The monoisotopic (exact) mass is 470 g/mol. The summed E-state index contributed by atoms with van der Waals surface area (Å²) in [5.41, 5.74) is 0.305. The summed E-state index contributed by atoms with van der Waals surface area (Å²) in [5.74, 6) is 0.249. The highest BCUT2D eigenvalue weighted by Gasteiger charge is 2.17. The number of rotatable bonds is 7. The summed E-state index contributed by atoms with van der Waals surface area (Å²) in [6, 6.07) is 10.5. The van der Waals surface area contributed by atoms with Crippen molar-refractivity contribution in [1.29, 1.82) is 0 Å². The molecule has 1 aliphatic rings. The Balaban J connectivity index is 1.54. The van der Waals surface area contributed by atoms with E-state index in [1.807, 2.05) is 0 Å². The van der Waals surface area contributed by atoms with Gasteiger partial charge in [0.1, 0.15) is 5.75 Å². The number of nitrogens with one attached hydrogen (secondary N) is 2. The summed E-state index contributed by atoms with van der Waals surface area (Å²) >= 11 is 11.8. The molecule has 0 heterocycles. The van der Waals surface area contributed by atoms with Crippen molar-refractivity contribution in [2.24, 2.45) is 0 Å². The van der Waals surface area contributed by atoms with Crippen LogP contribution in [0.4, 0.5) is 5.69 Å². The third kappa shape index (κ3) is 6.52. The molecule has 0 radical (unpaired) electrons. The Hall–Kier alpha value is -1.96. The summed E-state index contributed by atoms with van der Waals surface area (Å²) < 4.78 is 33.0. The van der Waals surface area contributed by atoms with E-state index in [9.17, 15) is 13.2 Å². The van der Waals surface area contributed by atoms with Crippen molar-refractivity contribution in [3.63, 3.8) is 0 Å². The third-order valence-electron chi connectivity index (χ3n) is 4.90. The fourth-order valence-corrected chi connectivity index (χ4v) is 4.68. The van der Waals surface area contributed by atoms with Crippen LogP contribution in [0.25, 0.3) is 0 Å². The molecular weight excluding hydrogens is 447 g/mol. The summed E-state index contributed by atoms with van der Waals surface area (Å²) in [4.78, 5) is 12.2. The molecule has 2 aromatic carbocycles. The predicted molar refractivity (Wildman–Crippen MR) is 119 cm³/mol. The Morgan fingerprint density at radius 3 is 2.27 bits per heavy atom. The molecule has 1 aliphatic carbocycles. The van der Waals surface area contributed by atoms with Gasteiger partial charge < -0.3 is 10.1 Å². The van der Waals surface area contributed by atoms with Crippen LogP contribution in [0.3, 0.4) is 0 Å². The van der Waals surface area contributed by atoms with Gasteiger partial charge in [-0.05, 0) is 55.3 Å². The van der Waals surface area contributed by atoms with Crippen LogP contribution in [0.1, 0.15) is 38.5 Å². The van der Waals surface area contributed by atoms with Crippen LogP contribution < -0.4 is 14.8 Å². The SMILES string of the molecule is O=C(COc1ccc(S(=O)(=O)Nc2ccc(Cl)c(Cl)c2)cc1)NC1CCCCCC1. The van der Waals surface area contributed by atoms with Crippen LogP contribution in [-0.2, 0) is 14.8 Å². The molecule has 0 aliphatic heterocycles. The van der Waals surface area contributed by atoms with Crippen LogP contribution in [0, 0.1) is 0 Å². The maximum Gasteiger partial charge on any atom is 0.261 e. The largest absolute Gasteiger partial charge is 0.484 e. The van der Waals surface area contributed by atoms with Gasteiger partial charge in [-0.2, -0.15) is 0 Å². The van der Waals surface area contributed by atoms with Crippen molar-refractivity contribution in [2.45, 2.75) is 49.5 Å². The second-order valence-corrected chi connectivity index (χ2v) is 9.75. The van der Waals surface area contributed by atoms with E-state index in [1.165, 1.54) is 55.3 Å². The Bertz CT molecular complexity index is 973. The molecule has 30 heavy (non-hydrogen) atoms. The zero-order chi connectivity index (χ0) is 21.6. The Kier molecular flexibility index (Phi) is 7.86. The number of ether oxygens (including phenoxy) is 1. The maximum atomic E-state index is 12.5. The van der Waals surface area contributed by atoms with Crippen LogP contribution in [0.5, 0.6) is 5.75 Å². The van der Waals surface area contributed by atoms with Crippen LogP contribution in [-0.4, -0.2) is 27.0 Å². The molecule has 3 rings (SSSR count). The van der Waals surface area contributed by atoms with Crippen molar-refractivity contribution >= 4 is 44.8 Å². The maximum absolute atomic E-state index is 12.5. The van der Waals surface area contributed by atoms with Gasteiger partial charge in [0, 0.05) is 6.04 Å². The first-order chi connectivity index (χ1) is 14.3.